The number of ether oxygens (including phenoxy) is 2. The number of cyclic esters (lactones) is 2. The van der Waals surface area contributed by atoms with E-state index in [0.717, 1.165) is 0 Å². The lowest BCUT2D eigenvalue weighted by Crippen LogP contribution is -2.43. The first-order valence-electron chi connectivity index (χ1n) is 5.97. The molecular formula is C12H15NO6. The molecule has 0 aromatic rings. The van der Waals surface area contributed by atoms with Crippen LogP contribution in [0.1, 0.15) is 26.7 Å². The van der Waals surface area contributed by atoms with Crippen LogP contribution in [0.5, 0.6) is 0 Å². The highest BCUT2D eigenvalue weighted by Crippen LogP contribution is 2.25. The number of nitrogens with zero attached hydrogens (tertiary/aromatic N) is 1. The zero-order chi connectivity index (χ0) is 14.2. The summed E-state index contributed by atoms with van der Waals surface area (Å²) in [6.07, 6.45) is 2.40. The Morgan fingerprint density at radius 2 is 1.95 bits per heavy atom. The molecule has 0 radical (unpaired) electrons. The van der Waals surface area contributed by atoms with Crippen LogP contribution in [0.2, 0.25) is 0 Å². The van der Waals surface area contributed by atoms with Crippen LogP contribution in [-0.2, 0) is 23.9 Å². The van der Waals surface area contributed by atoms with Crippen LogP contribution >= 0.6 is 0 Å². The van der Waals surface area contributed by atoms with Crippen LogP contribution in [0, 0.1) is 0 Å². The maximum absolute atomic E-state index is 11.7. The molecule has 19 heavy (non-hydrogen) atoms. The number of hydrogen-bond donors (Lipinski definition) is 1. The van der Waals surface area contributed by atoms with Gasteiger partial charge in [-0.1, -0.05) is 0 Å². The number of hydrogen-bond acceptors (Lipinski definition) is 6. The van der Waals surface area contributed by atoms with Crippen molar-refractivity contribution in [2.75, 3.05) is 6.54 Å². The summed E-state index contributed by atoms with van der Waals surface area (Å²) in [5, 5.41) is 9.02. The highest BCUT2D eigenvalue weighted by atomic mass is 16.7. The molecule has 0 saturated carbocycles. The van der Waals surface area contributed by atoms with Crippen molar-refractivity contribution in [3.05, 3.63) is 11.8 Å². The van der Waals surface area contributed by atoms with E-state index in [1.165, 1.54) is 24.9 Å². The summed E-state index contributed by atoms with van der Waals surface area (Å²) < 4.78 is 9.88. The van der Waals surface area contributed by atoms with Crippen LogP contribution in [0.15, 0.2) is 11.8 Å². The number of likely N-dealkylation sites (tertiary alicyclic amines) is 1. The predicted octanol–water partition coefficient (Wildman–Crippen LogP) is 0.255. The largest absolute Gasteiger partial charge is 0.480 e. The smallest absolute Gasteiger partial charge is 0.350 e. The van der Waals surface area contributed by atoms with E-state index in [1.807, 2.05) is 0 Å². The van der Waals surface area contributed by atoms with Gasteiger partial charge in [0.15, 0.2) is 5.57 Å². The number of carbonyl (C=O) groups is 3. The van der Waals surface area contributed by atoms with E-state index < -0.39 is 29.7 Å². The fourth-order valence-corrected chi connectivity index (χ4v) is 2.14. The first-order chi connectivity index (χ1) is 8.80. The van der Waals surface area contributed by atoms with Gasteiger partial charge in [0.2, 0.25) is 0 Å². The third-order valence-corrected chi connectivity index (χ3v) is 2.99. The lowest BCUT2D eigenvalue weighted by atomic mass is 10.2. The summed E-state index contributed by atoms with van der Waals surface area (Å²) in [4.78, 5) is 35.9. The standard InChI is InChI=1S/C12H15NO6/c1-12(2)18-10(16)7(11(17)19-12)6-13-5-3-4-8(13)9(14)15/h6,8H,3-5H2,1-2H3,(H,14,15)/t8-/m1/s1. The first-order valence-corrected chi connectivity index (χ1v) is 5.97. The van der Waals surface area contributed by atoms with Crippen LogP contribution in [0.3, 0.4) is 0 Å². The van der Waals surface area contributed by atoms with E-state index in [4.69, 9.17) is 14.6 Å². The minimum atomic E-state index is -1.29. The Balaban J connectivity index is 2.21. The van der Waals surface area contributed by atoms with Gasteiger partial charge < -0.3 is 19.5 Å². The normalized spacial score (nSPS) is 25.9. The van der Waals surface area contributed by atoms with Crippen LogP contribution in [0.25, 0.3) is 0 Å². The van der Waals surface area contributed by atoms with Crippen molar-refractivity contribution in [3.63, 3.8) is 0 Å². The second-order valence-electron chi connectivity index (χ2n) is 4.96. The van der Waals surface area contributed by atoms with Gasteiger partial charge in [0.05, 0.1) is 0 Å². The Kier molecular flexibility index (Phi) is 3.21. The number of rotatable bonds is 2. The van der Waals surface area contributed by atoms with Crippen molar-refractivity contribution < 1.29 is 29.0 Å². The monoisotopic (exact) mass is 269 g/mol. The van der Waals surface area contributed by atoms with E-state index >= 15 is 0 Å². The Morgan fingerprint density at radius 3 is 2.47 bits per heavy atom. The molecule has 2 fully saturated rings. The number of carboxylic acid groups (broad SMARTS) is 1. The van der Waals surface area contributed by atoms with Crippen molar-refractivity contribution in [2.45, 2.75) is 38.5 Å². The molecule has 0 spiro atoms. The van der Waals surface area contributed by atoms with Gasteiger partial charge in [0.25, 0.3) is 5.79 Å². The fraction of sp³-hybridized carbons (Fsp3) is 0.583. The molecule has 2 rings (SSSR count). The number of aliphatic carboxylic acids is 1. The molecule has 0 bridgehead atoms. The lowest BCUT2D eigenvalue weighted by Gasteiger charge is -2.30. The topological polar surface area (TPSA) is 93.1 Å². The van der Waals surface area contributed by atoms with Gasteiger partial charge in [-0.2, -0.15) is 0 Å². The van der Waals surface area contributed by atoms with Crippen LogP contribution in [-0.4, -0.2) is 46.3 Å². The van der Waals surface area contributed by atoms with Gasteiger partial charge in [0, 0.05) is 26.6 Å². The average molecular weight is 269 g/mol. The molecule has 104 valence electrons. The summed E-state index contributed by atoms with van der Waals surface area (Å²) in [5.74, 6) is -3.86. The maximum atomic E-state index is 11.7. The Labute approximate surface area is 109 Å². The number of carbonyl (C=O) groups excluding carboxylic acids is 2. The molecule has 2 saturated heterocycles. The maximum Gasteiger partial charge on any atom is 0.350 e. The minimum Gasteiger partial charge on any atom is -0.480 e. The molecule has 2 aliphatic heterocycles. The third-order valence-electron chi connectivity index (χ3n) is 2.99. The molecule has 2 heterocycles. The minimum absolute atomic E-state index is 0.271. The Bertz CT molecular complexity index is 445. The molecule has 0 aliphatic carbocycles. The van der Waals surface area contributed by atoms with Crippen LogP contribution < -0.4 is 0 Å². The number of carboxylic acids is 1. The van der Waals surface area contributed by atoms with Crippen molar-refractivity contribution in [1.29, 1.82) is 0 Å². The highest BCUT2D eigenvalue weighted by Gasteiger charge is 2.40. The van der Waals surface area contributed by atoms with Crippen molar-refractivity contribution in [2.24, 2.45) is 0 Å². The van der Waals surface area contributed by atoms with E-state index in [0.29, 0.717) is 19.4 Å². The zero-order valence-corrected chi connectivity index (χ0v) is 10.7. The molecular weight excluding hydrogens is 254 g/mol. The van der Waals surface area contributed by atoms with E-state index in [1.54, 1.807) is 0 Å². The third kappa shape index (κ3) is 2.69. The van der Waals surface area contributed by atoms with E-state index in [2.05, 4.69) is 0 Å². The second-order valence-corrected chi connectivity index (χ2v) is 4.96. The fourth-order valence-electron chi connectivity index (χ4n) is 2.14. The van der Waals surface area contributed by atoms with Crippen molar-refractivity contribution in [1.82, 2.24) is 4.90 Å². The predicted molar refractivity (Wildman–Crippen MR) is 61.7 cm³/mol. The van der Waals surface area contributed by atoms with E-state index in [-0.39, 0.29) is 5.57 Å². The van der Waals surface area contributed by atoms with Gasteiger partial charge >= 0.3 is 17.9 Å². The summed E-state index contributed by atoms with van der Waals surface area (Å²) in [6, 6.07) is -0.719. The van der Waals surface area contributed by atoms with E-state index in [9.17, 15) is 14.4 Å². The van der Waals surface area contributed by atoms with Gasteiger partial charge in [0.1, 0.15) is 6.04 Å². The molecule has 2 aliphatic rings. The lowest BCUT2D eigenvalue weighted by molar-refractivity contribution is -0.222. The quantitative estimate of drug-likeness (QED) is 0.436. The molecule has 0 aromatic carbocycles. The molecule has 1 atom stereocenters. The van der Waals surface area contributed by atoms with Crippen LogP contribution in [0.4, 0.5) is 0 Å². The van der Waals surface area contributed by atoms with Crippen molar-refractivity contribution >= 4 is 17.9 Å². The van der Waals surface area contributed by atoms with Gasteiger partial charge in [-0.15, -0.1) is 0 Å². The summed E-state index contributed by atoms with van der Waals surface area (Å²) in [5.41, 5.74) is -0.271. The first kappa shape index (κ1) is 13.4. The van der Waals surface area contributed by atoms with Gasteiger partial charge in [-0.25, -0.2) is 14.4 Å². The summed E-state index contributed by atoms with van der Waals surface area (Å²) in [7, 11) is 0. The average Bonchev–Trinajstić information content (AvgIpc) is 2.70. The summed E-state index contributed by atoms with van der Waals surface area (Å²) in [6.45, 7) is 3.38. The Hall–Kier alpha value is -2.05. The SMILES string of the molecule is CC1(C)OC(=O)C(=CN2CCC[C@@H]2C(=O)O)C(=O)O1. The number of esters is 2. The molecule has 0 unspecified atom stereocenters. The highest BCUT2D eigenvalue weighted by molar-refractivity contribution is 6.15. The molecule has 0 amide bonds. The molecule has 7 nitrogen and oxygen atoms in total. The van der Waals surface area contributed by atoms with Gasteiger partial charge in [-0.05, 0) is 12.8 Å². The Morgan fingerprint density at radius 1 is 1.37 bits per heavy atom. The van der Waals surface area contributed by atoms with Gasteiger partial charge in [-0.3, -0.25) is 0 Å². The summed E-state index contributed by atoms with van der Waals surface area (Å²) >= 11 is 0. The molecule has 1 N–H and O–H groups in total. The second kappa shape index (κ2) is 4.56. The molecule has 7 heteroatoms. The van der Waals surface area contributed by atoms with Crippen molar-refractivity contribution in [3.8, 4) is 0 Å². The zero-order valence-electron chi connectivity index (χ0n) is 10.7. The molecule has 0 aromatic heterocycles.